The van der Waals surface area contributed by atoms with E-state index in [9.17, 15) is 9.59 Å². The summed E-state index contributed by atoms with van der Waals surface area (Å²) in [5, 5.41) is 3.53. The summed E-state index contributed by atoms with van der Waals surface area (Å²) in [5.74, 6) is 0.873. The second kappa shape index (κ2) is 6.70. The molecule has 0 radical (unpaired) electrons. The molecule has 148 valence electrons. The number of likely N-dealkylation sites (N-methyl/N-ethyl adjacent to an activating group) is 1. The topological polar surface area (TPSA) is 95.7 Å². The standard InChI is InChI=1S/C19H18ClN7O2/c1-25-17(28)9-27(19(25)29)14-4-12(11-2-3-11)7-26-8-13(24-18(14)26)6-21-16-5-15(20)22-10-23-16/h4-5,7-8,10-11H,2-3,6,9H2,1H3,(H,21,22,23). The molecule has 29 heavy (non-hydrogen) atoms. The number of carbonyl (C=O) groups excluding carboxylic acids is 2. The van der Waals surface area contributed by atoms with E-state index in [4.69, 9.17) is 16.6 Å². The van der Waals surface area contributed by atoms with Gasteiger partial charge in [-0.2, -0.15) is 0 Å². The minimum Gasteiger partial charge on any atom is -0.364 e. The van der Waals surface area contributed by atoms with Crippen LogP contribution in [0.25, 0.3) is 5.65 Å². The van der Waals surface area contributed by atoms with E-state index < -0.39 is 0 Å². The van der Waals surface area contributed by atoms with E-state index in [2.05, 4.69) is 21.5 Å². The van der Waals surface area contributed by atoms with Gasteiger partial charge in [-0.1, -0.05) is 11.6 Å². The fraction of sp³-hybridized carbons (Fsp3) is 0.316. The van der Waals surface area contributed by atoms with Gasteiger partial charge in [0.05, 0.1) is 17.9 Å². The smallest absolute Gasteiger partial charge is 0.331 e. The Morgan fingerprint density at radius 3 is 2.72 bits per heavy atom. The molecule has 10 heteroatoms. The first-order valence-corrected chi connectivity index (χ1v) is 9.68. The van der Waals surface area contributed by atoms with Gasteiger partial charge < -0.3 is 9.72 Å². The third kappa shape index (κ3) is 3.27. The predicted octanol–water partition coefficient (Wildman–Crippen LogP) is 2.67. The minimum absolute atomic E-state index is 0.0268. The molecule has 9 nitrogen and oxygen atoms in total. The molecule has 1 N–H and O–H groups in total. The highest BCUT2D eigenvalue weighted by atomic mass is 35.5. The molecule has 0 atom stereocenters. The van der Waals surface area contributed by atoms with E-state index in [1.165, 1.54) is 18.3 Å². The molecule has 0 spiro atoms. The van der Waals surface area contributed by atoms with Crippen molar-refractivity contribution in [2.24, 2.45) is 0 Å². The van der Waals surface area contributed by atoms with E-state index in [0.717, 1.165) is 29.0 Å². The minimum atomic E-state index is -0.330. The number of hydrogen-bond donors (Lipinski definition) is 1. The first kappa shape index (κ1) is 17.9. The van der Waals surface area contributed by atoms with Crippen LogP contribution in [0.2, 0.25) is 5.15 Å². The number of anilines is 2. The molecular formula is C19H18ClN7O2. The van der Waals surface area contributed by atoms with Crippen LogP contribution in [0.15, 0.2) is 30.9 Å². The molecule has 1 saturated heterocycles. The number of nitrogens with zero attached hydrogens (tertiary/aromatic N) is 6. The molecule has 2 fully saturated rings. The van der Waals surface area contributed by atoms with Gasteiger partial charge in [0.2, 0.25) is 5.91 Å². The van der Waals surface area contributed by atoms with Crippen molar-refractivity contribution in [2.45, 2.75) is 25.3 Å². The van der Waals surface area contributed by atoms with E-state index in [0.29, 0.717) is 34.8 Å². The number of halogens is 1. The summed E-state index contributed by atoms with van der Waals surface area (Å²) >= 11 is 5.89. The van der Waals surface area contributed by atoms with Crippen molar-refractivity contribution < 1.29 is 9.59 Å². The number of imide groups is 1. The van der Waals surface area contributed by atoms with Gasteiger partial charge in [-0.15, -0.1) is 0 Å². The molecule has 4 heterocycles. The Morgan fingerprint density at radius 2 is 2.03 bits per heavy atom. The highest BCUT2D eigenvalue weighted by molar-refractivity contribution is 6.29. The summed E-state index contributed by atoms with van der Waals surface area (Å²) < 4.78 is 1.93. The van der Waals surface area contributed by atoms with Crippen molar-refractivity contribution in [3.63, 3.8) is 0 Å². The summed E-state index contributed by atoms with van der Waals surface area (Å²) in [4.78, 5) is 39.9. The summed E-state index contributed by atoms with van der Waals surface area (Å²) in [6, 6.07) is 3.30. The van der Waals surface area contributed by atoms with Crippen LogP contribution in [0.5, 0.6) is 0 Å². The maximum Gasteiger partial charge on any atom is 0.331 e. The van der Waals surface area contributed by atoms with Crippen molar-refractivity contribution in [1.29, 1.82) is 0 Å². The highest BCUT2D eigenvalue weighted by Gasteiger charge is 2.36. The number of aromatic nitrogens is 4. The normalized spacial score (nSPS) is 16.9. The average Bonchev–Trinajstić information content (AvgIpc) is 3.42. The van der Waals surface area contributed by atoms with Gasteiger partial charge in [0, 0.05) is 25.5 Å². The Kier molecular flexibility index (Phi) is 4.13. The molecule has 3 aromatic heterocycles. The lowest BCUT2D eigenvalue weighted by Crippen LogP contribution is -2.30. The summed E-state index contributed by atoms with van der Waals surface area (Å²) in [5.41, 5.74) is 3.24. The Hall–Kier alpha value is -3.20. The maximum absolute atomic E-state index is 12.6. The quantitative estimate of drug-likeness (QED) is 0.512. The second-order valence-electron chi connectivity index (χ2n) is 7.30. The van der Waals surface area contributed by atoms with Crippen LogP contribution in [-0.2, 0) is 11.3 Å². The van der Waals surface area contributed by atoms with Gasteiger partial charge in [0.15, 0.2) is 5.65 Å². The number of imidazole rings is 1. The molecule has 3 aromatic rings. The highest BCUT2D eigenvalue weighted by Crippen LogP contribution is 2.42. The molecule has 1 saturated carbocycles. The lowest BCUT2D eigenvalue weighted by molar-refractivity contribution is -0.123. The second-order valence-corrected chi connectivity index (χ2v) is 7.68. The van der Waals surface area contributed by atoms with Crippen LogP contribution in [0.3, 0.4) is 0 Å². The Morgan fingerprint density at radius 1 is 1.21 bits per heavy atom. The molecule has 5 rings (SSSR count). The molecule has 0 bridgehead atoms. The van der Waals surface area contributed by atoms with Gasteiger partial charge in [0.25, 0.3) is 0 Å². The van der Waals surface area contributed by atoms with Gasteiger partial charge in [-0.25, -0.2) is 19.7 Å². The van der Waals surface area contributed by atoms with Gasteiger partial charge in [0.1, 0.15) is 23.8 Å². The summed E-state index contributed by atoms with van der Waals surface area (Å²) in [7, 11) is 1.50. The number of hydrogen-bond acceptors (Lipinski definition) is 6. The number of rotatable bonds is 5. The van der Waals surface area contributed by atoms with Crippen LogP contribution < -0.4 is 10.2 Å². The zero-order valence-corrected chi connectivity index (χ0v) is 16.4. The SMILES string of the molecule is CN1C(=O)CN(c2cc(C3CC3)cn3cc(CNc4cc(Cl)ncn4)nc23)C1=O. The Balaban J connectivity index is 1.50. The largest absolute Gasteiger partial charge is 0.364 e. The van der Waals surface area contributed by atoms with Crippen LogP contribution in [0, 0.1) is 0 Å². The predicted molar refractivity (Wildman–Crippen MR) is 107 cm³/mol. The van der Waals surface area contributed by atoms with E-state index in [-0.39, 0.29) is 18.5 Å². The molecular weight excluding hydrogens is 394 g/mol. The molecule has 2 aliphatic rings. The number of urea groups is 1. The van der Waals surface area contributed by atoms with Crippen molar-refractivity contribution >= 4 is 40.7 Å². The fourth-order valence-corrected chi connectivity index (χ4v) is 3.62. The van der Waals surface area contributed by atoms with Gasteiger partial charge in [-0.3, -0.25) is 14.6 Å². The lowest BCUT2D eigenvalue weighted by atomic mass is 10.1. The number of fused-ring (bicyclic) bond motifs is 1. The number of carbonyl (C=O) groups is 2. The van der Waals surface area contributed by atoms with Crippen LogP contribution in [0.1, 0.15) is 30.0 Å². The van der Waals surface area contributed by atoms with Crippen molar-refractivity contribution in [3.05, 3.63) is 47.3 Å². The number of amides is 3. The lowest BCUT2D eigenvalue weighted by Gasteiger charge is -2.17. The Labute approximate surface area is 171 Å². The number of pyridine rings is 1. The maximum atomic E-state index is 12.6. The van der Waals surface area contributed by atoms with E-state index in [1.807, 2.05) is 16.7 Å². The van der Waals surface area contributed by atoms with Gasteiger partial charge in [-0.05, 0) is 30.4 Å². The van der Waals surface area contributed by atoms with Crippen molar-refractivity contribution in [1.82, 2.24) is 24.3 Å². The van der Waals surface area contributed by atoms with Crippen LogP contribution in [-0.4, -0.2) is 49.8 Å². The summed E-state index contributed by atoms with van der Waals surface area (Å²) in [6.45, 7) is 0.457. The summed E-state index contributed by atoms with van der Waals surface area (Å²) in [6.07, 6.45) is 7.64. The fourth-order valence-electron chi connectivity index (χ4n) is 3.47. The zero-order valence-electron chi connectivity index (χ0n) is 15.7. The molecule has 1 aliphatic heterocycles. The zero-order chi connectivity index (χ0) is 20.1. The van der Waals surface area contributed by atoms with Gasteiger partial charge >= 0.3 is 6.03 Å². The van der Waals surface area contributed by atoms with E-state index >= 15 is 0 Å². The molecule has 3 amide bonds. The molecule has 0 unspecified atom stereocenters. The molecule has 0 aromatic carbocycles. The van der Waals surface area contributed by atoms with Crippen molar-refractivity contribution in [3.8, 4) is 0 Å². The monoisotopic (exact) mass is 411 g/mol. The third-order valence-corrected chi connectivity index (χ3v) is 5.42. The Bertz CT molecular complexity index is 1140. The van der Waals surface area contributed by atoms with Crippen molar-refractivity contribution in [2.75, 3.05) is 23.8 Å². The first-order chi connectivity index (χ1) is 14.0. The third-order valence-electron chi connectivity index (χ3n) is 5.21. The number of nitrogens with one attached hydrogen (secondary N) is 1. The first-order valence-electron chi connectivity index (χ1n) is 9.30. The van der Waals surface area contributed by atoms with Crippen LogP contribution in [0.4, 0.5) is 16.3 Å². The molecule has 1 aliphatic carbocycles. The van der Waals surface area contributed by atoms with E-state index in [1.54, 1.807) is 6.07 Å². The van der Waals surface area contributed by atoms with Crippen LogP contribution >= 0.6 is 11.6 Å². The average molecular weight is 412 g/mol.